The lowest BCUT2D eigenvalue weighted by Crippen LogP contribution is -2.26. The van der Waals surface area contributed by atoms with Crippen LogP contribution < -0.4 is 24.8 Å². The van der Waals surface area contributed by atoms with Crippen LogP contribution in [0.2, 0.25) is 0 Å². The average molecular weight is 484 g/mol. The van der Waals surface area contributed by atoms with Crippen LogP contribution in [-0.4, -0.2) is 41.0 Å². The van der Waals surface area contributed by atoms with Crippen molar-refractivity contribution < 1.29 is 27.5 Å². The van der Waals surface area contributed by atoms with Crippen molar-refractivity contribution in [2.75, 3.05) is 30.4 Å². The summed E-state index contributed by atoms with van der Waals surface area (Å²) in [6.45, 7) is 0.0631. The molecule has 34 heavy (non-hydrogen) atoms. The molecule has 0 unspecified atom stereocenters. The summed E-state index contributed by atoms with van der Waals surface area (Å²) in [5, 5.41) is 2.71. The number of amides is 2. The lowest BCUT2D eigenvalue weighted by atomic mass is 10.2. The van der Waals surface area contributed by atoms with Gasteiger partial charge in [0, 0.05) is 12.6 Å². The van der Waals surface area contributed by atoms with Gasteiger partial charge in [-0.3, -0.25) is 13.9 Å². The average Bonchev–Trinajstić information content (AvgIpc) is 2.84. The maximum Gasteiger partial charge on any atom is 0.264 e. The first-order chi connectivity index (χ1) is 16.2. The zero-order valence-corrected chi connectivity index (χ0v) is 19.5. The number of carbonyl (C=O) groups excluding carboxylic acids is 2. The van der Waals surface area contributed by atoms with Gasteiger partial charge >= 0.3 is 0 Å². The molecule has 0 aliphatic rings. The number of benzene rings is 3. The monoisotopic (exact) mass is 483 g/mol. The molecule has 0 fully saturated rings. The molecule has 9 nitrogen and oxygen atoms in total. The summed E-state index contributed by atoms with van der Waals surface area (Å²) in [6, 6.07) is 19.0. The van der Waals surface area contributed by atoms with Gasteiger partial charge in [0.2, 0.25) is 5.91 Å². The van der Waals surface area contributed by atoms with Gasteiger partial charge in [0.05, 0.1) is 36.4 Å². The van der Waals surface area contributed by atoms with E-state index in [1.54, 1.807) is 48.5 Å². The summed E-state index contributed by atoms with van der Waals surface area (Å²) >= 11 is 0. The van der Waals surface area contributed by atoms with Crippen LogP contribution in [0.3, 0.4) is 0 Å². The number of rotatable bonds is 10. The highest BCUT2D eigenvalue weighted by molar-refractivity contribution is 7.92. The van der Waals surface area contributed by atoms with Gasteiger partial charge in [0.15, 0.2) is 0 Å². The second-order valence-electron chi connectivity index (χ2n) is 7.21. The van der Waals surface area contributed by atoms with Gasteiger partial charge in [0.25, 0.3) is 15.9 Å². The lowest BCUT2D eigenvalue weighted by molar-refractivity contribution is -0.118. The van der Waals surface area contributed by atoms with E-state index in [1.165, 1.54) is 38.4 Å². The van der Waals surface area contributed by atoms with Crippen molar-refractivity contribution in [1.82, 2.24) is 0 Å². The van der Waals surface area contributed by atoms with E-state index >= 15 is 0 Å². The molecule has 3 aromatic rings. The number of hydrogen-bond acceptors (Lipinski definition) is 6. The Labute approximate surface area is 198 Å². The number of sulfonamides is 1. The first-order valence-corrected chi connectivity index (χ1v) is 11.7. The minimum absolute atomic E-state index is 0.0316. The Morgan fingerprint density at radius 3 is 2.38 bits per heavy atom. The van der Waals surface area contributed by atoms with Gasteiger partial charge in [-0.1, -0.05) is 18.2 Å². The van der Waals surface area contributed by atoms with Crippen molar-refractivity contribution in [3.8, 4) is 11.5 Å². The van der Waals surface area contributed by atoms with Crippen molar-refractivity contribution in [3.63, 3.8) is 0 Å². The minimum Gasteiger partial charge on any atom is -0.497 e. The van der Waals surface area contributed by atoms with Crippen LogP contribution in [0.1, 0.15) is 16.8 Å². The summed E-state index contributed by atoms with van der Waals surface area (Å²) < 4.78 is 38.1. The van der Waals surface area contributed by atoms with E-state index in [2.05, 4.69) is 5.32 Å². The van der Waals surface area contributed by atoms with Crippen LogP contribution in [0.5, 0.6) is 11.5 Å². The summed E-state index contributed by atoms with van der Waals surface area (Å²) in [4.78, 5) is 23.8. The molecule has 10 heteroatoms. The molecule has 0 aromatic heterocycles. The Morgan fingerprint density at radius 2 is 1.71 bits per heavy atom. The number of carbonyl (C=O) groups is 2. The maximum atomic E-state index is 13.2. The van der Waals surface area contributed by atoms with Crippen LogP contribution in [-0.2, 0) is 14.8 Å². The molecule has 0 aliphatic carbocycles. The predicted molar refractivity (Wildman–Crippen MR) is 129 cm³/mol. The first kappa shape index (κ1) is 24.6. The number of anilines is 2. The third kappa shape index (κ3) is 5.84. The smallest absolute Gasteiger partial charge is 0.264 e. The fraction of sp³-hybridized carbons (Fsp3) is 0.167. The van der Waals surface area contributed by atoms with E-state index < -0.39 is 21.8 Å². The zero-order chi connectivity index (χ0) is 24.7. The number of nitrogens with one attached hydrogen (secondary N) is 1. The fourth-order valence-electron chi connectivity index (χ4n) is 3.04. The molecule has 0 saturated carbocycles. The van der Waals surface area contributed by atoms with Gasteiger partial charge in [-0.05, 0) is 54.6 Å². The molecule has 0 bridgehead atoms. The summed E-state index contributed by atoms with van der Waals surface area (Å²) in [7, 11) is -0.965. The SMILES string of the molecule is COc1ccc(N(C)S(=O)(=O)c2cccc(C(=O)Nc3ccccc3OCCC(N)=O)c2)cc1. The number of methoxy groups -OCH3 is 1. The molecule has 0 saturated heterocycles. The molecule has 0 atom stereocenters. The first-order valence-electron chi connectivity index (χ1n) is 10.3. The van der Waals surface area contributed by atoms with Crippen LogP contribution in [0.25, 0.3) is 0 Å². The van der Waals surface area contributed by atoms with E-state index in [9.17, 15) is 18.0 Å². The molecule has 3 aromatic carbocycles. The van der Waals surface area contributed by atoms with Crippen LogP contribution in [0.4, 0.5) is 11.4 Å². The Morgan fingerprint density at radius 1 is 1.00 bits per heavy atom. The van der Waals surface area contributed by atoms with Crippen molar-refractivity contribution >= 4 is 33.2 Å². The van der Waals surface area contributed by atoms with Crippen LogP contribution in [0, 0.1) is 0 Å². The maximum absolute atomic E-state index is 13.2. The number of primary amides is 1. The number of ether oxygens (including phenoxy) is 2. The Kier molecular flexibility index (Phi) is 7.75. The second-order valence-corrected chi connectivity index (χ2v) is 9.18. The second kappa shape index (κ2) is 10.7. The predicted octanol–water partition coefficient (Wildman–Crippen LogP) is 3.03. The number of para-hydroxylation sites is 2. The highest BCUT2D eigenvalue weighted by Crippen LogP contribution is 2.27. The largest absolute Gasteiger partial charge is 0.497 e. The normalized spacial score (nSPS) is 10.9. The Bertz CT molecular complexity index is 1280. The van der Waals surface area contributed by atoms with E-state index in [0.717, 1.165) is 4.31 Å². The van der Waals surface area contributed by atoms with Gasteiger partial charge < -0.3 is 20.5 Å². The van der Waals surface area contributed by atoms with Crippen molar-refractivity contribution in [2.24, 2.45) is 5.73 Å². The third-order valence-electron chi connectivity index (χ3n) is 4.93. The van der Waals surface area contributed by atoms with Crippen LogP contribution in [0.15, 0.2) is 77.7 Å². The van der Waals surface area contributed by atoms with Gasteiger partial charge in [-0.25, -0.2) is 8.42 Å². The highest BCUT2D eigenvalue weighted by Gasteiger charge is 2.23. The molecule has 0 radical (unpaired) electrons. The number of hydrogen-bond donors (Lipinski definition) is 2. The van der Waals surface area contributed by atoms with Crippen LogP contribution >= 0.6 is 0 Å². The molecule has 3 rings (SSSR count). The topological polar surface area (TPSA) is 128 Å². The summed E-state index contributed by atoms with van der Waals surface area (Å²) in [6.07, 6.45) is 0.0316. The molecule has 178 valence electrons. The van der Waals surface area contributed by atoms with Crippen molar-refractivity contribution in [2.45, 2.75) is 11.3 Å². The molecule has 0 aliphatic heterocycles. The standard InChI is InChI=1S/C24H25N3O6S/c1-27(18-10-12-19(32-2)13-11-18)34(30,31)20-7-5-6-17(16-20)24(29)26-21-8-3-4-9-22(21)33-15-14-23(25)28/h3-13,16H,14-15H2,1-2H3,(H2,25,28)(H,26,29). The van der Waals surface area contributed by atoms with E-state index in [4.69, 9.17) is 15.2 Å². The molecular weight excluding hydrogens is 458 g/mol. The lowest BCUT2D eigenvalue weighted by Gasteiger charge is -2.20. The van der Waals surface area contributed by atoms with E-state index in [-0.39, 0.29) is 23.5 Å². The van der Waals surface area contributed by atoms with Gasteiger partial charge in [0.1, 0.15) is 11.5 Å². The minimum atomic E-state index is -3.92. The Balaban J connectivity index is 1.80. The molecule has 2 amide bonds. The fourth-order valence-corrected chi connectivity index (χ4v) is 4.28. The van der Waals surface area contributed by atoms with Crippen molar-refractivity contribution in [1.29, 1.82) is 0 Å². The third-order valence-corrected chi connectivity index (χ3v) is 6.71. The summed E-state index contributed by atoms with van der Waals surface area (Å²) in [5.41, 5.74) is 6.09. The molecule has 3 N–H and O–H groups in total. The quantitative estimate of drug-likeness (QED) is 0.456. The summed E-state index contributed by atoms with van der Waals surface area (Å²) in [5.74, 6) is -0.0542. The number of nitrogens with two attached hydrogens (primary N) is 1. The molecule has 0 spiro atoms. The Hall–Kier alpha value is -4.05. The van der Waals surface area contributed by atoms with Gasteiger partial charge in [-0.2, -0.15) is 0 Å². The number of nitrogens with zero attached hydrogens (tertiary/aromatic N) is 1. The zero-order valence-electron chi connectivity index (χ0n) is 18.7. The van der Waals surface area contributed by atoms with E-state index in [0.29, 0.717) is 22.9 Å². The molecular formula is C24H25N3O6S. The highest BCUT2D eigenvalue weighted by atomic mass is 32.2. The van der Waals surface area contributed by atoms with Gasteiger partial charge in [-0.15, -0.1) is 0 Å². The molecule has 0 heterocycles. The van der Waals surface area contributed by atoms with E-state index in [1.807, 2.05) is 0 Å². The van der Waals surface area contributed by atoms with Crippen molar-refractivity contribution in [3.05, 3.63) is 78.4 Å².